The number of sulfonamides is 1. The third-order valence-electron chi connectivity index (χ3n) is 6.20. The molecule has 0 N–H and O–H groups in total. The zero-order valence-corrected chi connectivity index (χ0v) is 20.4. The maximum absolute atomic E-state index is 13.4. The summed E-state index contributed by atoms with van der Waals surface area (Å²) < 4.78 is 33.4. The highest BCUT2D eigenvalue weighted by Crippen LogP contribution is 2.28. The van der Waals surface area contributed by atoms with E-state index in [2.05, 4.69) is 4.98 Å². The first kappa shape index (κ1) is 24.2. The molecule has 1 amide bonds. The largest absolute Gasteiger partial charge is 0.462 e. The first-order valence-corrected chi connectivity index (χ1v) is 13.0. The van der Waals surface area contributed by atoms with E-state index in [0.717, 1.165) is 12.1 Å². The smallest absolute Gasteiger partial charge is 0.339 e. The van der Waals surface area contributed by atoms with Gasteiger partial charge in [0.1, 0.15) is 5.82 Å². The molecule has 0 bridgehead atoms. The molecule has 0 spiro atoms. The maximum Gasteiger partial charge on any atom is 0.339 e. The lowest BCUT2D eigenvalue weighted by Crippen LogP contribution is -2.35. The van der Waals surface area contributed by atoms with Crippen LogP contribution in [0.15, 0.2) is 41.4 Å². The van der Waals surface area contributed by atoms with Gasteiger partial charge in [0.2, 0.25) is 15.9 Å². The number of carbonyl (C=O) groups is 2. The number of hydrogen-bond acceptors (Lipinski definition) is 7. The van der Waals surface area contributed by atoms with Crippen molar-refractivity contribution in [3.8, 4) is 0 Å². The van der Waals surface area contributed by atoms with Crippen LogP contribution in [0.3, 0.4) is 0 Å². The van der Waals surface area contributed by atoms with Gasteiger partial charge in [-0.3, -0.25) is 4.79 Å². The number of amides is 1. The summed E-state index contributed by atoms with van der Waals surface area (Å²) in [5, 5.41) is 0. The molecule has 9 nitrogen and oxygen atoms in total. The van der Waals surface area contributed by atoms with E-state index in [0.29, 0.717) is 69.1 Å². The Bertz CT molecular complexity index is 1170. The average molecular weight is 487 g/mol. The molecule has 0 atom stereocenters. The molecule has 4 rings (SSSR count). The summed E-state index contributed by atoms with van der Waals surface area (Å²) in [6, 6.07) is 8.57. The van der Waals surface area contributed by atoms with Crippen molar-refractivity contribution in [2.75, 3.05) is 49.1 Å². The molecule has 2 aliphatic heterocycles. The number of aromatic nitrogens is 1. The second-order valence-electron chi connectivity index (χ2n) is 8.47. The van der Waals surface area contributed by atoms with Crippen molar-refractivity contribution in [3.05, 3.63) is 47.7 Å². The summed E-state index contributed by atoms with van der Waals surface area (Å²) in [6.45, 7) is 6.38. The molecular weight excluding hydrogens is 456 g/mol. The summed E-state index contributed by atoms with van der Waals surface area (Å²) in [7, 11) is -3.68. The number of rotatable bonds is 6. The molecule has 1 aromatic heterocycles. The summed E-state index contributed by atoms with van der Waals surface area (Å²) in [6.07, 6.45) is 3.50. The van der Waals surface area contributed by atoms with Gasteiger partial charge in [-0.2, -0.15) is 4.31 Å². The fraction of sp³-hybridized carbons (Fsp3) is 0.458. The Labute approximate surface area is 200 Å². The molecule has 2 aromatic rings. The van der Waals surface area contributed by atoms with Crippen LogP contribution in [0, 0.1) is 6.92 Å². The molecule has 2 saturated heterocycles. The van der Waals surface area contributed by atoms with Gasteiger partial charge in [-0.05, 0) is 62.6 Å². The first-order chi connectivity index (χ1) is 16.3. The lowest BCUT2D eigenvalue weighted by atomic mass is 10.2. The molecule has 1 aromatic carbocycles. The van der Waals surface area contributed by atoms with E-state index >= 15 is 0 Å². The van der Waals surface area contributed by atoms with Gasteiger partial charge in [0, 0.05) is 51.0 Å². The number of nitrogens with zero attached hydrogens (tertiary/aromatic N) is 4. The van der Waals surface area contributed by atoms with E-state index < -0.39 is 16.0 Å². The second kappa shape index (κ2) is 10.1. The van der Waals surface area contributed by atoms with E-state index in [4.69, 9.17) is 4.74 Å². The molecule has 182 valence electrons. The molecule has 10 heteroatoms. The summed E-state index contributed by atoms with van der Waals surface area (Å²) in [4.78, 5) is 32.3. The Morgan fingerprint density at radius 3 is 2.53 bits per heavy atom. The molecule has 2 aliphatic rings. The van der Waals surface area contributed by atoms with Gasteiger partial charge < -0.3 is 14.5 Å². The standard InChI is InChI=1S/C24H30N4O5S/c1-3-33-24(30)19-7-10-22(25-17-19)26-11-5-12-27(15-14-26)34(31,32)21-9-8-20(16-18(21)2)28-13-4-6-23(28)29/h7-10,16-17H,3-6,11-15H2,1-2H3. The lowest BCUT2D eigenvalue weighted by Gasteiger charge is -2.24. The number of benzene rings is 1. The van der Waals surface area contributed by atoms with Crippen molar-refractivity contribution in [2.45, 2.75) is 38.0 Å². The molecule has 2 fully saturated rings. The number of ether oxygens (including phenoxy) is 1. The lowest BCUT2D eigenvalue weighted by molar-refractivity contribution is -0.117. The van der Waals surface area contributed by atoms with E-state index in [9.17, 15) is 18.0 Å². The van der Waals surface area contributed by atoms with Crippen LogP contribution in [-0.4, -0.2) is 68.9 Å². The van der Waals surface area contributed by atoms with Crippen LogP contribution in [0.4, 0.5) is 11.5 Å². The van der Waals surface area contributed by atoms with Crippen LogP contribution in [0.25, 0.3) is 0 Å². The number of esters is 1. The van der Waals surface area contributed by atoms with Gasteiger partial charge in [-0.25, -0.2) is 18.2 Å². The van der Waals surface area contributed by atoms with E-state index in [1.54, 1.807) is 49.1 Å². The molecule has 0 saturated carbocycles. The minimum Gasteiger partial charge on any atom is -0.462 e. The van der Waals surface area contributed by atoms with E-state index in [1.165, 1.54) is 10.5 Å². The number of carbonyl (C=O) groups excluding carboxylic acids is 2. The third kappa shape index (κ3) is 4.92. The van der Waals surface area contributed by atoms with Crippen molar-refractivity contribution in [2.24, 2.45) is 0 Å². The van der Waals surface area contributed by atoms with Crippen molar-refractivity contribution in [1.82, 2.24) is 9.29 Å². The van der Waals surface area contributed by atoms with Crippen LogP contribution < -0.4 is 9.80 Å². The fourth-order valence-corrected chi connectivity index (χ4v) is 6.10. The van der Waals surface area contributed by atoms with Crippen molar-refractivity contribution >= 4 is 33.4 Å². The fourth-order valence-electron chi connectivity index (χ4n) is 4.42. The predicted octanol–water partition coefficient (Wildman–Crippen LogP) is 2.59. The van der Waals surface area contributed by atoms with Crippen LogP contribution in [0.5, 0.6) is 0 Å². The predicted molar refractivity (Wildman–Crippen MR) is 129 cm³/mol. The van der Waals surface area contributed by atoms with E-state index in [1.807, 2.05) is 4.90 Å². The van der Waals surface area contributed by atoms with Crippen LogP contribution in [0.1, 0.15) is 42.1 Å². The van der Waals surface area contributed by atoms with Gasteiger partial charge in [-0.1, -0.05) is 0 Å². The Hall–Kier alpha value is -2.98. The molecular formula is C24H30N4O5S. The summed E-state index contributed by atoms with van der Waals surface area (Å²) >= 11 is 0. The molecule has 0 radical (unpaired) electrons. The van der Waals surface area contributed by atoms with Gasteiger partial charge in [-0.15, -0.1) is 0 Å². The van der Waals surface area contributed by atoms with Crippen LogP contribution in [0.2, 0.25) is 0 Å². The minimum absolute atomic E-state index is 0.0755. The maximum atomic E-state index is 13.4. The van der Waals surface area contributed by atoms with Crippen LogP contribution >= 0.6 is 0 Å². The van der Waals surface area contributed by atoms with Gasteiger partial charge in [0.25, 0.3) is 0 Å². The van der Waals surface area contributed by atoms with Crippen molar-refractivity contribution in [3.63, 3.8) is 0 Å². The van der Waals surface area contributed by atoms with Crippen LogP contribution in [-0.2, 0) is 19.6 Å². The number of pyridine rings is 1. The molecule has 34 heavy (non-hydrogen) atoms. The SMILES string of the molecule is CCOC(=O)c1ccc(N2CCCN(S(=O)(=O)c3ccc(N4CCCC4=O)cc3C)CC2)nc1. The van der Waals surface area contributed by atoms with Gasteiger partial charge in [0.05, 0.1) is 17.1 Å². The topological polar surface area (TPSA) is 100 Å². The Kier molecular flexibility index (Phi) is 7.18. The van der Waals surface area contributed by atoms with Crippen molar-refractivity contribution < 1.29 is 22.7 Å². The highest BCUT2D eigenvalue weighted by Gasteiger charge is 2.30. The molecule has 0 aliphatic carbocycles. The number of aryl methyl sites for hydroxylation is 1. The third-order valence-corrected chi connectivity index (χ3v) is 8.26. The highest BCUT2D eigenvalue weighted by atomic mass is 32.2. The number of anilines is 2. The number of hydrogen-bond donors (Lipinski definition) is 0. The van der Waals surface area contributed by atoms with Gasteiger partial charge in [0.15, 0.2) is 0 Å². The average Bonchev–Trinajstić information content (AvgIpc) is 3.09. The highest BCUT2D eigenvalue weighted by molar-refractivity contribution is 7.89. The monoisotopic (exact) mass is 486 g/mol. The van der Waals surface area contributed by atoms with Crippen molar-refractivity contribution in [1.29, 1.82) is 0 Å². The minimum atomic E-state index is -3.68. The Balaban J connectivity index is 1.46. The Morgan fingerprint density at radius 1 is 1.06 bits per heavy atom. The zero-order valence-electron chi connectivity index (χ0n) is 19.6. The summed E-state index contributed by atoms with van der Waals surface area (Å²) in [5.74, 6) is 0.361. The zero-order chi connectivity index (χ0) is 24.3. The Morgan fingerprint density at radius 2 is 1.88 bits per heavy atom. The first-order valence-electron chi connectivity index (χ1n) is 11.6. The summed E-state index contributed by atoms with van der Waals surface area (Å²) in [5.41, 5.74) is 1.77. The normalized spacial score (nSPS) is 17.6. The van der Waals surface area contributed by atoms with Gasteiger partial charge >= 0.3 is 5.97 Å². The second-order valence-corrected chi connectivity index (χ2v) is 10.4. The quantitative estimate of drug-likeness (QED) is 0.579. The van der Waals surface area contributed by atoms with E-state index in [-0.39, 0.29) is 10.8 Å². The molecule has 3 heterocycles. The molecule has 0 unspecified atom stereocenters.